The molecular weight excluding hydrogens is 296 g/mol. The Hall–Kier alpha value is -1.55. The van der Waals surface area contributed by atoms with Gasteiger partial charge < -0.3 is 9.15 Å². The van der Waals surface area contributed by atoms with Gasteiger partial charge in [0.05, 0.1) is 12.9 Å². The minimum absolute atomic E-state index is 0.0317. The zero-order valence-electron chi connectivity index (χ0n) is 9.61. The van der Waals surface area contributed by atoms with Gasteiger partial charge in [-0.25, -0.2) is 0 Å². The highest BCUT2D eigenvalue weighted by molar-refractivity contribution is 9.10. The molecule has 1 aromatic heterocycles. The molecule has 1 aliphatic rings. The van der Waals surface area contributed by atoms with Crippen LogP contribution in [0.3, 0.4) is 0 Å². The molecule has 0 saturated heterocycles. The molecule has 0 N–H and O–H groups in total. The minimum Gasteiger partial charge on any atom is -0.493 e. The van der Waals surface area contributed by atoms with Gasteiger partial charge in [0.15, 0.2) is 5.76 Å². The van der Waals surface area contributed by atoms with E-state index in [9.17, 15) is 4.79 Å². The molecular formula is C14H11BrO3. The van der Waals surface area contributed by atoms with Crippen LogP contribution in [-0.4, -0.2) is 12.4 Å². The molecule has 0 atom stereocenters. The predicted octanol–water partition coefficient (Wildman–Crippen LogP) is 3.40. The number of fused-ring (bicyclic) bond motifs is 1. The molecule has 18 heavy (non-hydrogen) atoms. The molecule has 2 heterocycles. The number of halogens is 1. The highest BCUT2D eigenvalue weighted by Gasteiger charge is 2.20. The molecule has 0 bridgehead atoms. The van der Waals surface area contributed by atoms with Crippen LogP contribution < -0.4 is 4.74 Å². The average molecular weight is 307 g/mol. The quantitative estimate of drug-likeness (QED) is 0.816. The molecule has 0 fully saturated rings. The van der Waals surface area contributed by atoms with E-state index in [0.717, 1.165) is 27.8 Å². The Morgan fingerprint density at radius 2 is 2.28 bits per heavy atom. The first-order valence-corrected chi connectivity index (χ1v) is 6.54. The molecule has 0 aliphatic carbocycles. The Kier molecular flexibility index (Phi) is 2.96. The second kappa shape index (κ2) is 4.61. The lowest BCUT2D eigenvalue weighted by atomic mass is 10.0. The van der Waals surface area contributed by atoms with Crippen LogP contribution in [0.15, 0.2) is 39.4 Å². The monoisotopic (exact) mass is 306 g/mol. The largest absolute Gasteiger partial charge is 0.493 e. The number of hydrogen-bond acceptors (Lipinski definition) is 3. The van der Waals surface area contributed by atoms with Gasteiger partial charge in [-0.1, -0.05) is 15.9 Å². The van der Waals surface area contributed by atoms with Crippen molar-refractivity contribution in [3.05, 3.63) is 51.9 Å². The number of furan rings is 1. The fourth-order valence-corrected chi connectivity index (χ4v) is 2.73. The van der Waals surface area contributed by atoms with Gasteiger partial charge in [-0.2, -0.15) is 0 Å². The second-order valence-corrected chi connectivity index (χ2v) is 5.14. The number of ether oxygens (including phenoxy) is 1. The Morgan fingerprint density at radius 1 is 1.39 bits per heavy atom. The number of carbonyl (C=O) groups excluding carboxylic acids is 1. The lowest BCUT2D eigenvalue weighted by Gasteiger charge is -2.07. The molecule has 4 heteroatoms. The Morgan fingerprint density at radius 3 is 3.06 bits per heavy atom. The smallest absolute Gasteiger partial charge is 0.202 e. The van der Waals surface area contributed by atoms with Crippen molar-refractivity contribution in [2.24, 2.45) is 0 Å². The molecule has 3 nitrogen and oxygen atoms in total. The molecule has 0 saturated carbocycles. The highest BCUT2D eigenvalue weighted by atomic mass is 79.9. The summed E-state index contributed by atoms with van der Waals surface area (Å²) in [6.07, 6.45) is 2.71. The van der Waals surface area contributed by atoms with Crippen molar-refractivity contribution in [3.63, 3.8) is 0 Å². The molecule has 0 unspecified atom stereocenters. The number of benzene rings is 1. The standard InChI is InChI=1S/C14H11BrO3/c15-11-6-9-3-5-18-14(9)10(7-11)8-12(16)13-2-1-4-17-13/h1-2,4,6-7H,3,5,8H2. The zero-order valence-corrected chi connectivity index (χ0v) is 11.2. The van der Waals surface area contributed by atoms with Crippen LogP contribution in [0.5, 0.6) is 5.75 Å². The first-order valence-electron chi connectivity index (χ1n) is 5.75. The van der Waals surface area contributed by atoms with E-state index >= 15 is 0 Å². The average Bonchev–Trinajstić information content (AvgIpc) is 2.98. The molecule has 0 radical (unpaired) electrons. The third-order valence-corrected chi connectivity index (χ3v) is 3.43. The van der Waals surface area contributed by atoms with Crippen molar-refractivity contribution in [2.45, 2.75) is 12.8 Å². The molecule has 1 aliphatic heterocycles. The van der Waals surface area contributed by atoms with Crippen LogP contribution >= 0.6 is 15.9 Å². The molecule has 0 spiro atoms. The van der Waals surface area contributed by atoms with Gasteiger partial charge in [0.25, 0.3) is 0 Å². The van der Waals surface area contributed by atoms with E-state index in [1.54, 1.807) is 12.1 Å². The van der Waals surface area contributed by atoms with Crippen molar-refractivity contribution in [1.29, 1.82) is 0 Å². The van der Waals surface area contributed by atoms with Gasteiger partial charge in [-0.3, -0.25) is 4.79 Å². The molecule has 1 aromatic carbocycles. The number of rotatable bonds is 3. The number of carbonyl (C=O) groups is 1. The van der Waals surface area contributed by atoms with Crippen molar-refractivity contribution < 1.29 is 13.9 Å². The highest BCUT2D eigenvalue weighted by Crippen LogP contribution is 2.33. The third-order valence-electron chi connectivity index (χ3n) is 2.97. The summed E-state index contributed by atoms with van der Waals surface area (Å²) in [7, 11) is 0. The summed E-state index contributed by atoms with van der Waals surface area (Å²) >= 11 is 3.46. The summed E-state index contributed by atoms with van der Waals surface area (Å²) in [6, 6.07) is 7.38. The van der Waals surface area contributed by atoms with Gasteiger partial charge >= 0.3 is 0 Å². The second-order valence-electron chi connectivity index (χ2n) is 4.23. The van der Waals surface area contributed by atoms with Gasteiger partial charge in [0, 0.05) is 22.9 Å². The fourth-order valence-electron chi connectivity index (χ4n) is 2.17. The van der Waals surface area contributed by atoms with Crippen LogP contribution in [0.2, 0.25) is 0 Å². The fraction of sp³-hybridized carbons (Fsp3) is 0.214. The third kappa shape index (κ3) is 2.08. The molecule has 0 amide bonds. The van der Waals surface area contributed by atoms with Gasteiger partial charge in [0.1, 0.15) is 5.75 Å². The van der Waals surface area contributed by atoms with Crippen molar-refractivity contribution in [1.82, 2.24) is 0 Å². The summed E-state index contributed by atoms with van der Waals surface area (Å²) in [5.41, 5.74) is 2.07. The van der Waals surface area contributed by atoms with Crippen LogP contribution in [0.25, 0.3) is 0 Å². The van der Waals surface area contributed by atoms with E-state index in [1.807, 2.05) is 12.1 Å². The summed E-state index contributed by atoms with van der Waals surface area (Å²) in [6.45, 7) is 0.688. The predicted molar refractivity (Wildman–Crippen MR) is 70.1 cm³/mol. The Balaban J connectivity index is 1.91. The number of ketones is 1. The van der Waals surface area contributed by atoms with E-state index in [0.29, 0.717) is 18.8 Å². The van der Waals surface area contributed by atoms with Crippen LogP contribution in [0.4, 0.5) is 0 Å². The normalized spacial score (nSPS) is 13.2. The summed E-state index contributed by atoms with van der Waals surface area (Å²) in [4.78, 5) is 12.0. The van der Waals surface area contributed by atoms with Crippen molar-refractivity contribution in [3.8, 4) is 5.75 Å². The first-order chi connectivity index (χ1) is 8.74. The molecule has 92 valence electrons. The Bertz CT molecular complexity index is 587. The summed E-state index contributed by atoms with van der Waals surface area (Å²) < 4.78 is 11.7. The SMILES string of the molecule is O=C(Cc1cc(Br)cc2c1OCC2)c1ccco1. The van der Waals surface area contributed by atoms with E-state index < -0.39 is 0 Å². The maximum absolute atomic E-state index is 12.0. The van der Waals surface area contributed by atoms with E-state index in [-0.39, 0.29) is 5.78 Å². The lowest BCUT2D eigenvalue weighted by Crippen LogP contribution is -2.03. The van der Waals surface area contributed by atoms with E-state index in [4.69, 9.17) is 9.15 Å². The maximum atomic E-state index is 12.0. The van der Waals surface area contributed by atoms with E-state index in [2.05, 4.69) is 15.9 Å². The van der Waals surface area contributed by atoms with Gasteiger partial charge in [-0.15, -0.1) is 0 Å². The van der Waals surface area contributed by atoms with Crippen molar-refractivity contribution in [2.75, 3.05) is 6.61 Å². The van der Waals surface area contributed by atoms with Gasteiger partial charge in [-0.05, 0) is 29.8 Å². The van der Waals surface area contributed by atoms with Crippen molar-refractivity contribution >= 4 is 21.7 Å². The topological polar surface area (TPSA) is 39.4 Å². The first kappa shape index (κ1) is 11.5. The number of Topliss-reactive ketones (excluding diaryl/α,β-unsaturated/α-hetero) is 1. The minimum atomic E-state index is -0.0317. The summed E-state index contributed by atoms with van der Waals surface area (Å²) in [5.74, 6) is 1.22. The van der Waals surface area contributed by atoms with Crippen LogP contribution in [0.1, 0.15) is 21.7 Å². The lowest BCUT2D eigenvalue weighted by molar-refractivity contribution is 0.0965. The van der Waals surface area contributed by atoms with Crippen LogP contribution in [-0.2, 0) is 12.8 Å². The molecule has 2 aromatic rings. The number of hydrogen-bond donors (Lipinski definition) is 0. The van der Waals surface area contributed by atoms with Crippen LogP contribution in [0, 0.1) is 0 Å². The maximum Gasteiger partial charge on any atom is 0.202 e. The Labute approximate surface area is 113 Å². The van der Waals surface area contributed by atoms with Gasteiger partial charge in [0.2, 0.25) is 5.78 Å². The zero-order chi connectivity index (χ0) is 12.5. The summed E-state index contributed by atoms with van der Waals surface area (Å²) in [5, 5.41) is 0. The molecule has 3 rings (SSSR count). The van der Waals surface area contributed by atoms with E-state index in [1.165, 1.54) is 6.26 Å².